The molecule has 3 N–H and O–H groups in total. The predicted molar refractivity (Wildman–Crippen MR) is 76.2 cm³/mol. The van der Waals surface area contributed by atoms with Crippen molar-refractivity contribution < 1.29 is 4.79 Å². The standard InChI is InChI=1S/C12H19BrN2OS/c1-12(2,6-7-14)11(16)15-8-5-9-3-4-10(13)17-9/h3-4H,5-8,14H2,1-2H3,(H,15,16). The highest BCUT2D eigenvalue weighted by molar-refractivity contribution is 9.11. The molecule has 0 saturated carbocycles. The van der Waals surface area contributed by atoms with Crippen LogP contribution in [0.4, 0.5) is 0 Å². The van der Waals surface area contributed by atoms with Crippen molar-refractivity contribution >= 4 is 33.2 Å². The lowest BCUT2D eigenvalue weighted by Gasteiger charge is -2.22. The predicted octanol–water partition coefficient (Wildman–Crippen LogP) is 2.54. The first-order chi connectivity index (χ1) is 7.95. The fraction of sp³-hybridized carbons (Fsp3) is 0.583. The summed E-state index contributed by atoms with van der Waals surface area (Å²) in [6.45, 7) is 5.08. The Labute approximate surface area is 115 Å². The van der Waals surface area contributed by atoms with Crippen LogP contribution >= 0.6 is 27.3 Å². The number of hydrogen-bond donors (Lipinski definition) is 2. The van der Waals surface area contributed by atoms with Crippen LogP contribution in [0.2, 0.25) is 0 Å². The van der Waals surface area contributed by atoms with E-state index in [9.17, 15) is 4.79 Å². The zero-order valence-electron chi connectivity index (χ0n) is 10.3. The molecule has 0 fully saturated rings. The molecule has 0 aliphatic carbocycles. The minimum Gasteiger partial charge on any atom is -0.355 e. The minimum atomic E-state index is -0.370. The van der Waals surface area contributed by atoms with Crippen LogP contribution in [0, 0.1) is 5.41 Å². The third-order valence-corrected chi connectivity index (χ3v) is 4.35. The van der Waals surface area contributed by atoms with E-state index in [0.717, 1.165) is 10.2 Å². The summed E-state index contributed by atoms with van der Waals surface area (Å²) in [5.74, 6) is 0.0820. The Morgan fingerprint density at radius 2 is 2.24 bits per heavy atom. The molecule has 1 aromatic heterocycles. The van der Waals surface area contributed by atoms with Gasteiger partial charge in [0.2, 0.25) is 5.91 Å². The number of rotatable bonds is 6. The third kappa shape index (κ3) is 4.77. The van der Waals surface area contributed by atoms with Crippen molar-refractivity contribution in [3.8, 4) is 0 Å². The monoisotopic (exact) mass is 318 g/mol. The molecule has 0 unspecified atom stereocenters. The van der Waals surface area contributed by atoms with Gasteiger partial charge in [-0.15, -0.1) is 11.3 Å². The molecule has 5 heteroatoms. The highest BCUT2D eigenvalue weighted by Gasteiger charge is 2.25. The molecular formula is C12H19BrN2OS. The molecule has 0 aliphatic heterocycles. The van der Waals surface area contributed by atoms with Crippen molar-refractivity contribution in [2.75, 3.05) is 13.1 Å². The van der Waals surface area contributed by atoms with Gasteiger partial charge < -0.3 is 11.1 Å². The Morgan fingerprint density at radius 3 is 2.76 bits per heavy atom. The Kier molecular flexibility index (Phi) is 5.62. The van der Waals surface area contributed by atoms with Crippen molar-refractivity contribution in [2.45, 2.75) is 26.7 Å². The SMILES string of the molecule is CC(C)(CCN)C(=O)NCCc1ccc(Br)s1. The fourth-order valence-electron chi connectivity index (χ4n) is 1.50. The second-order valence-corrected chi connectivity index (χ2v) is 7.18. The van der Waals surface area contributed by atoms with Crippen molar-refractivity contribution in [3.63, 3.8) is 0 Å². The quantitative estimate of drug-likeness (QED) is 0.847. The maximum absolute atomic E-state index is 11.9. The molecule has 1 heterocycles. The number of hydrogen-bond acceptors (Lipinski definition) is 3. The highest BCUT2D eigenvalue weighted by atomic mass is 79.9. The molecule has 0 radical (unpaired) electrons. The summed E-state index contributed by atoms with van der Waals surface area (Å²) in [5.41, 5.74) is 5.12. The number of carbonyl (C=O) groups excluding carboxylic acids is 1. The molecule has 1 rings (SSSR count). The molecule has 0 aliphatic rings. The molecule has 96 valence electrons. The Hall–Kier alpha value is -0.390. The summed E-state index contributed by atoms with van der Waals surface area (Å²) < 4.78 is 1.13. The molecular weight excluding hydrogens is 300 g/mol. The summed E-state index contributed by atoms with van der Waals surface area (Å²) >= 11 is 5.13. The number of nitrogens with two attached hydrogens (primary N) is 1. The Balaban J connectivity index is 2.33. The molecule has 0 spiro atoms. The van der Waals surface area contributed by atoms with E-state index in [1.807, 2.05) is 19.9 Å². The van der Waals surface area contributed by atoms with Crippen LogP contribution in [0.25, 0.3) is 0 Å². The lowest BCUT2D eigenvalue weighted by molar-refractivity contribution is -0.129. The second-order valence-electron chi connectivity index (χ2n) is 4.63. The van der Waals surface area contributed by atoms with Crippen molar-refractivity contribution in [1.29, 1.82) is 0 Å². The smallest absolute Gasteiger partial charge is 0.225 e. The van der Waals surface area contributed by atoms with E-state index in [1.165, 1.54) is 4.88 Å². The van der Waals surface area contributed by atoms with Crippen LogP contribution in [-0.2, 0) is 11.2 Å². The molecule has 0 atom stereocenters. The van der Waals surface area contributed by atoms with E-state index in [0.29, 0.717) is 19.5 Å². The maximum Gasteiger partial charge on any atom is 0.225 e. The van der Waals surface area contributed by atoms with E-state index in [4.69, 9.17) is 5.73 Å². The van der Waals surface area contributed by atoms with Gasteiger partial charge in [0.15, 0.2) is 0 Å². The molecule has 17 heavy (non-hydrogen) atoms. The lowest BCUT2D eigenvalue weighted by atomic mass is 9.88. The van der Waals surface area contributed by atoms with Gasteiger partial charge in [-0.2, -0.15) is 0 Å². The molecule has 0 aromatic carbocycles. The summed E-state index contributed by atoms with van der Waals surface area (Å²) in [5, 5.41) is 2.96. The van der Waals surface area contributed by atoms with Gasteiger partial charge in [0, 0.05) is 16.8 Å². The van der Waals surface area contributed by atoms with E-state index >= 15 is 0 Å². The zero-order chi connectivity index (χ0) is 12.9. The van der Waals surface area contributed by atoms with Gasteiger partial charge >= 0.3 is 0 Å². The lowest BCUT2D eigenvalue weighted by Crippen LogP contribution is -2.39. The Morgan fingerprint density at radius 1 is 1.53 bits per heavy atom. The van der Waals surface area contributed by atoms with Gasteiger partial charge in [0.05, 0.1) is 3.79 Å². The molecule has 0 bridgehead atoms. The maximum atomic E-state index is 11.9. The minimum absolute atomic E-state index is 0.0820. The normalized spacial score (nSPS) is 11.5. The average molecular weight is 319 g/mol. The largest absolute Gasteiger partial charge is 0.355 e. The third-order valence-electron chi connectivity index (χ3n) is 2.67. The first-order valence-electron chi connectivity index (χ1n) is 5.68. The van der Waals surface area contributed by atoms with Gasteiger partial charge in [0.25, 0.3) is 0 Å². The summed E-state index contributed by atoms with van der Waals surface area (Å²) in [4.78, 5) is 13.1. The van der Waals surface area contributed by atoms with Gasteiger partial charge in [-0.3, -0.25) is 4.79 Å². The highest BCUT2D eigenvalue weighted by Crippen LogP contribution is 2.22. The number of carbonyl (C=O) groups is 1. The van der Waals surface area contributed by atoms with E-state index < -0.39 is 0 Å². The average Bonchev–Trinajstić information content (AvgIpc) is 2.64. The summed E-state index contributed by atoms with van der Waals surface area (Å²) in [6.07, 6.45) is 1.59. The van der Waals surface area contributed by atoms with Crippen LogP contribution in [0.3, 0.4) is 0 Å². The zero-order valence-corrected chi connectivity index (χ0v) is 12.7. The number of thiophene rings is 1. The van der Waals surface area contributed by atoms with Crippen LogP contribution in [-0.4, -0.2) is 19.0 Å². The van der Waals surface area contributed by atoms with Crippen LogP contribution in [0.15, 0.2) is 15.9 Å². The number of amides is 1. The molecule has 1 amide bonds. The molecule has 1 aromatic rings. The molecule has 3 nitrogen and oxygen atoms in total. The first kappa shape index (κ1) is 14.7. The van der Waals surface area contributed by atoms with Gasteiger partial charge in [-0.05, 0) is 47.4 Å². The summed E-state index contributed by atoms with van der Waals surface area (Å²) in [7, 11) is 0. The van der Waals surface area contributed by atoms with Gasteiger partial charge in [-0.25, -0.2) is 0 Å². The fourth-order valence-corrected chi connectivity index (χ4v) is 2.98. The van der Waals surface area contributed by atoms with Crippen LogP contribution in [0.1, 0.15) is 25.1 Å². The van der Waals surface area contributed by atoms with E-state index in [-0.39, 0.29) is 11.3 Å². The topological polar surface area (TPSA) is 55.1 Å². The summed E-state index contributed by atoms with van der Waals surface area (Å²) in [6, 6.07) is 4.10. The van der Waals surface area contributed by atoms with Crippen LogP contribution < -0.4 is 11.1 Å². The van der Waals surface area contributed by atoms with E-state index in [1.54, 1.807) is 11.3 Å². The number of halogens is 1. The van der Waals surface area contributed by atoms with Crippen molar-refractivity contribution in [2.24, 2.45) is 11.1 Å². The van der Waals surface area contributed by atoms with Crippen molar-refractivity contribution in [1.82, 2.24) is 5.32 Å². The van der Waals surface area contributed by atoms with E-state index in [2.05, 4.69) is 27.3 Å². The first-order valence-corrected chi connectivity index (χ1v) is 7.29. The van der Waals surface area contributed by atoms with Crippen molar-refractivity contribution in [3.05, 3.63) is 20.8 Å². The number of nitrogens with one attached hydrogen (secondary N) is 1. The second kappa shape index (κ2) is 6.52. The van der Waals surface area contributed by atoms with Gasteiger partial charge in [0.1, 0.15) is 0 Å². The van der Waals surface area contributed by atoms with Gasteiger partial charge in [-0.1, -0.05) is 13.8 Å². The van der Waals surface area contributed by atoms with Crippen LogP contribution in [0.5, 0.6) is 0 Å². The Bertz CT molecular complexity index is 376. The molecule has 0 saturated heterocycles.